The SMILES string of the molecule is CN=C(NCc1ccc(F)cc1)NC1CCc2cn(C(C)C)nc2C1.I. The number of hydrogen-bond acceptors (Lipinski definition) is 2. The molecule has 26 heavy (non-hydrogen) atoms. The largest absolute Gasteiger partial charge is 0.353 e. The second kappa shape index (κ2) is 9.34. The summed E-state index contributed by atoms with van der Waals surface area (Å²) in [5, 5.41) is 11.5. The number of nitrogens with zero attached hydrogens (tertiary/aromatic N) is 3. The highest BCUT2D eigenvalue weighted by Gasteiger charge is 2.22. The Labute approximate surface area is 171 Å². The summed E-state index contributed by atoms with van der Waals surface area (Å²) in [6, 6.07) is 7.22. The van der Waals surface area contributed by atoms with Crippen molar-refractivity contribution >= 4 is 29.9 Å². The molecule has 5 nitrogen and oxygen atoms in total. The molecule has 0 amide bonds. The van der Waals surface area contributed by atoms with E-state index in [9.17, 15) is 4.39 Å². The van der Waals surface area contributed by atoms with E-state index in [-0.39, 0.29) is 29.8 Å². The zero-order chi connectivity index (χ0) is 17.8. The van der Waals surface area contributed by atoms with E-state index in [2.05, 4.69) is 40.4 Å². The Morgan fingerprint density at radius 1 is 1.35 bits per heavy atom. The molecule has 1 unspecified atom stereocenters. The van der Waals surface area contributed by atoms with Crippen LogP contribution in [0.3, 0.4) is 0 Å². The van der Waals surface area contributed by atoms with Crippen molar-refractivity contribution in [2.24, 2.45) is 4.99 Å². The number of hydrogen-bond donors (Lipinski definition) is 2. The first-order valence-corrected chi connectivity index (χ1v) is 8.83. The highest BCUT2D eigenvalue weighted by Crippen LogP contribution is 2.21. The third-order valence-electron chi connectivity index (χ3n) is 4.56. The van der Waals surface area contributed by atoms with Gasteiger partial charge < -0.3 is 10.6 Å². The minimum atomic E-state index is -0.217. The molecule has 0 radical (unpaired) electrons. The highest BCUT2D eigenvalue weighted by molar-refractivity contribution is 14.0. The topological polar surface area (TPSA) is 54.2 Å². The molecule has 1 heterocycles. The van der Waals surface area contributed by atoms with Crippen LogP contribution in [0.15, 0.2) is 35.5 Å². The van der Waals surface area contributed by atoms with E-state index in [4.69, 9.17) is 5.10 Å². The van der Waals surface area contributed by atoms with Gasteiger partial charge in [-0.1, -0.05) is 12.1 Å². The first kappa shape index (κ1) is 20.7. The van der Waals surface area contributed by atoms with Gasteiger partial charge in [-0.2, -0.15) is 5.10 Å². The number of fused-ring (bicyclic) bond motifs is 1. The van der Waals surface area contributed by atoms with Gasteiger partial charge >= 0.3 is 0 Å². The molecular formula is C19H27FIN5. The van der Waals surface area contributed by atoms with Gasteiger partial charge in [-0.25, -0.2) is 4.39 Å². The lowest BCUT2D eigenvalue weighted by Gasteiger charge is -2.24. The van der Waals surface area contributed by atoms with Crippen LogP contribution in [0.4, 0.5) is 4.39 Å². The molecule has 0 saturated heterocycles. The second-order valence-corrected chi connectivity index (χ2v) is 6.81. The van der Waals surface area contributed by atoms with E-state index < -0.39 is 0 Å². The summed E-state index contributed by atoms with van der Waals surface area (Å²) in [6.07, 6.45) is 5.19. The van der Waals surface area contributed by atoms with Gasteiger partial charge in [-0.05, 0) is 49.9 Å². The zero-order valence-corrected chi connectivity index (χ0v) is 17.8. The van der Waals surface area contributed by atoms with Crippen LogP contribution in [0.1, 0.15) is 43.1 Å². The Morgan fingerprint density at radius 2 is 2.08 bits per heavy atom. The summed E-state index contributed by atoms with van der Waals surface area (Å²) < 4.78 is 15.0. The summed E-state index contributed by atoms with van der Waals surface area (Å²) in [4.78, 5) is 4.30. The van der Waals surface area contributed by atoms with Crippen LogP contribution in [0.2, 0.25) is 0 Å². The smallest absolute Gasteiger partial charge is 0.191 e. The standard InChI is InChI=1S/C19H26FN5.HI/c1-13(2)25-12-15-6-9-17(10-18(15)24-25)23-19(21-3)22-11-14-4-7-16(20)8-5-14;/h4-5,7-8,12-13,17H,6,9-11H2,1-3H3,(H2,21,22,23);1H. The van der Waals surface area contributed by atoms with Gasteiger partial charge in [0.15, 0.2) is 5.96 Å². The zero-order valence-electron chi connectivity index (χ0n) is 15.5. The first-order chi connectivity index (χ1) is 12.0. The average Bonchev–Trinajstić information content (AvgIpc) is 3.03. The summed E-state index contributed by atoms with van der Waals surface area (Å²) in [5.41, 5.74) is 3.57. The Hall–Kier alpha value is -1.64. The summed E-state index contributed by atoms with van der Waals surface area (Å²) >= 11 is 0. The molecule has 1 aliphatic carbocycles. The number of aryl methyl sites for hydroxylation is 1. The van der Waals surface area contributed by atoms with Crippen molar-refractivity contribution in [3.63, 3.8) is 0 Å². The van der Waals surface area contributed by atoms with Crippen LogP contribution in [-0.4, -0.2) is 28.8 Å². The van der Waals surface area contributed by atoms with Gasteiger partial charge in [0.2, 0.25) is 0 Å². The Bertz CT molecular complexity index is 739. The summed E-state index contributed by atoms with van der Waals surface area (Å²) in [6.45, 7) is 4.91. The van der Waals surface area contributed by atoms with E-state index in [0.29, 0.717) is 18.6 Å². The fraction of sp³-hybridized carbons (Fsp3) is 0.474. The van der Waals surface area contributed by atoms with Gasteiger partial charge in [-0.15, -0.1) is 24.0 Å². The number of guanidine groups is 1. The second-order valence-electron chi connectivity index (χ2n) is 6.81. The van der Waals surface area contributed by atoms with Crippen molar-refractivity contribution < 1.29 is 4.39 Å². The van der Waals surface area contributed by atoms with Crippen LogP contribution in [0, 0.1) is 5.82 Å². The minimum absolute atomic E-state index is 0. The fourth-order valence-corrected chi connectivity index (χ4v) is 3.08. The molecule has 1 aromatic heterocycles. The molecule has 0 fully saturated rings. The molecule has 0 spiro atoms. The van der Waals surface area contributed by atoms with Gasteiger partial charge in [0.05, 0.1) is 5.69 Å². The third-order valence-corrected chi connectivity index (χ3v) is 4.56. The Balaban J connectivity index is 0.00000243. The van der Waals surface area contributed by atoms with Crippen LogP contribution < -0.4 is 10.6 Å². The van der Waals surface area contributed by atoms with Crippen molar-refractivity contribution in [2.75, 3.05) is 7.05 Å². The molecule has 0 aliphatic heterocycles. The van der Waals surface area contributed by atoms with Crippen molar-refractivity contribution in [1.82, 2.24) is 20.4 Å². The van der Waals surface area contributed by atoms with Crippen molar-refractivity contribution in [3.05, 3.63) is 53.1 Å². The first-order valence-electron chi connectivity index (χ1n) is 8.83. The molecule has 3 rings (SSSR count). The summed E-state index contributed by atoms with van der Waals surface area (Å²) in [5.74, 6) is 0.547. The molecule has 0 bridgehead atoms. The number of halogens is 2. The number of aliphatic imine (C=N–C) groups is 1. The average molecular weight is 471 g/mol. The molecule has 1 atom stereocenters. The fourth-order valence-electron chi connectivity index (χ4n) is 3.08. The molecule has 1 aromatic carbocycles. The van der Waals surface area contributed by atoms with Gasteiger partial charge in [0.25, 0.3) is 0 Å². The van der Waals surface area contributed by atoms with E-state index in [1.165, 1.54) is 23.4 Å². The predicted octanol–water partition coefficient (Wildman–Crippen LogP) is 3.44. The van der Waals surface area contributed by atoms with Gasteiger partial charge in [-0.3, -0.25) is 9.67 Å². The summed E-state index contributed by atoms with van der Waals surface area (Å²) in [7, 11) is 1.77. The lowest BCUT2D eigenvalue weighted by Crippen LogP contribution is -2.45. The van der Waals surface area contributed by atoms with Crippen molar-refractivity contribution in [3.8, 4) is 0 Å². The predicted molar refractivity (Wildman–Crippen MR) is 114 cm³/mol. The third kappa shape index (κ3) is 5.18. The number of aromatic nitrogens is 2. The van der Waals surface area contributed by atoms with Gasteiger partial charge in [0, 0.05) is 38.3 Å². The minimum Gasteiger partial charge on any atom is -0.353 e. The van der Waals surface area contributed by atoms with E-state index in [0.717, 1.165) is 30.8 Å². The molecular weight excluding hydrogens is 444 g/mol. The quantitative estimate of drug-likeness (QED) is 0.408. The lowest BCUT2D eigenvalue weighted by atomic mass is 9.94. The Morgan fingerprint density at radius 3 is 2.73 bits per heavy atom. The number of nitrogens with one attached hydrogen (secondary N) is 2. The van der Waals surface area contributed by atoms with Crippen LogP contribution in [-0.2, 0) is 19.4 Å². The maximum absolute atomic E-state index is 13.0. The van der Waals surface area contributed by atoms with Crippen LogP contribution in [0.25, 0.3) is 0 Å². The van der Waals surface area contributed by atoms with Crippen molar-refractivity contribution in [2.45, 2.75) is 51.7 Å². The molecule has 0 saturated carbocycles. The Kier molecular flexibility index (Phi) is 7.43. The number of rotatable bonds is 4. The van der Waals surface area contributed by atoms with Gasteiger partial charge in [0.1, 0.15) is 5.82 Å². The van der Waals surface area contributed by atoms with E-state index >= 15 is 0 Å². The van der Waals surface area contributed by atoms with Crippen LogP contribution in [0.5, 0.6) is 0 Å². The van der Waals surface area contributed by atoms with E-state index in [1.807, 2.05) is 0 Å². The molecule has 2 aromatic rings. The van der Waals surface area contributed by atoms with Crippen molar-refractivity contribution in [1.29, 1.82) is 0 Å². The lowest BCUT2D eigenvalue weighted by molar-refractivity contribution is 0.499. The van der Waals surface area contributed by atoms with Crippen LogP contribution >= 0.6 is 24.0 Å². The molecule has 142 valence electrons. The molecule has 7 heteroatoms. The maximum Gasteiger partial charge on any atom is 0.191 e. The molecule has 1 aliphatic rings. The maximum atomic E-state index is 13.0. The monoisotopic (exact) mass is 471 g/mol. The number of benzene rings is 1. The normalized spacial score (nSPS) is 16.8. The van der Waals surface area contributed by atoms with E-state index in [1.54, 1.807) is 19.2 Å². The highest BCUT2D eigenvalue weighted by atomic mass is 127. The molecule has 2 N–H and O–H groups in total.